The Morgan fingerprint density at radius 3 is 2.90 bits per heavy atom. The number of carbonyl (C=O) groups excluding carboxylic acids is 2. The summed E-state index contributed by atoms with van der Waals surface area (Å²) in [5.41, 5.74) is 1.45. The van der Waals surface area contributed by atoms with Crippen LogP contribution in [0.15, 0.2) is 12.1 Å². The van der Waals surface area contributed by atoms with Crippen LogP contribution in [0.5, 0.6) is 0 Å². The topological polar surface area (TPSA) is 74.3 Å². The molecule has 6 nitrogen and oxygen atoms in total. The summed E-state index contributed by atoms with van der Waals surface area (Å²) in [5.74, 6) is 0.481. The number of amides is 2. The van der Waals surface area contributed by atoms with Crippen LogP contribution < -0.4 is 10.6 Å². The van der Waals surface area contributed by atoms with Crippen molar-refractivity contribution in [2.24, 2.45) is 0 Å². The average Bonchev–Trinajstić information content (AvgIpc) is 2.49. The fourth-order valence-corrected chi connectivity index (χ4v) is 2.39. The zero-order chi connectivity index (χ0) is 15.4. The quantitative estimate of drug-likeness (QED) is 0.869. The standard InChI is InChI=1S/C15H22N4O2/c1-4-12-8-11(9-13(18-12)16-5-2)15(21)19-7-6-17-14(20)10(19)3/h8-10H,4-7H2,1-3H3,(H,16,18)(H,17,20). The van der Waals surface area contributed by atoms with Gasteiger partial charge in [0.1, 0.15) is 11.9 Å². The highest BCUT2D eigenvalue weighted by molar-refractivity contribution is 5.98. The Labute approximate surface area is 124 Å². The monoisotopic (exact) mass is 290 g/mol. The van der Waals surface area contributed by atoms with Gasteiger partial charge in [0.15, 0.2) is 0 Å². The van der Waals surface area contributed by atoms with Crippen LogP contribution in [0.2, 0.25) is 0 Å². The molecule has 2 rings (SSSR count). The van der Waals surface area contributed by atoms with Gasteiger partial charge in [-0.25, -0.2) is 4.98 Å². The highest BCUT2D eigenvalue weighted by Crippen LogP contribution is 2.16. The maximum absolute atomic E-state index is 12.7. The minimum absolute atomic E-state index is 0.105. The van der Waals surface area contributed by atoms with Gasteiger partial charge in [-0.15, -0.1) is 0 Å². The number of rotatable bonds is 4. The Bertz CT molecular complexity index is 544. The Morgan fingerprint density at radius 1 is 1.48 bits per heavy atom. The molecule has 2 amide bonds. The van der Waals surface area contributed by atoms with E-state index in [0.717, 1.165) is 18.7 Å². The molecule has 1 aromatic heterocycles. The lowest BCUT2D eigenvalue weighted by atomic mass is 10.1. The van der Waals surface area contributed by atoms with E-state index in [-0.39, 0.29) is 11.8 Å². The van der Waals surface area contributed by atoms with Crippen molar-refractivity contribution in [1.82, 2.24) is 15.2 Å². The van der Waals surface area contributed by atoms with Gasteiger partial charge < -0.3 is 15.5 Å². The van der Waals surface area contributed by atoms with E-state index >= 15 is 0 Å². The summed E-state index contributed by atoms with van der Waals surface area (Å²) in [4.78, 5) is 30.4. The number of aromatic nitrogens is 1. The number of pyridine rings is 1. The number of hydrogen-bond donors (Lipinski definition) is 2. The number of hydrogen-bond acceptors (Lipinski definition) is 4. The fraction of sp³-hybridized carbons (Fsp3) is 0.533. The SMILES string of the molecule is CCNc1cc(C(=O)N2CCNC(=O)C2C)cc(CC)n1. The number of carbonyl (C=O) groups is 2. The maximum Gasteiger partial charge on any atom is 0.254 e. The Kier molecular flexibility index (Phi) is 4.77. The maximum atomic E-state index is 12.7. The van der Waals surface area contributed by atoms with Crippen molar-refractivity contribution < 1.29 is 9.59 Å². The van der Waals surface area contributed by atoms with Crippen LogP contribution >= 0.6 is 0 Å². The van der Waals surface area contributed by atoms with E-state index < -0.39 is 6.04 Å². The van der Waals surface area contributed by atoms with Crippen LogP contribution in [0, 0.1) is 0 Å². The minimum Gasteiger partial charge on any atom is -0.370 e. The molecule has 21 heavy (non-hydrogen) atoms. The zero-order valence-electron chi connectivity index (χ0n) is 12.8. The number of nitrogens with one attached hydrogen (secondary N) is 2. The van der Waals surface area contributed by atoms with Crippen molar-refractivity contribution >= 4 is 17.6 Å². The third-order valence-corrected chi connectivity index (χ3v) is 3.61. The molecule has 6 heteroatoms. The molecular weight excluding hydrogens is 268 g/mol. The smallest absolute Gasteiger partial charge is 0.254 e. The van der Waals surface area contributed by atoms with E-state index in [9.17, 15) is 9.59 Å². The van der Waals surface area contributed by atoms with E-state index in [0.29, 0.717) is 24.5 Å². The number of nitrogens with zero attached hydrogens (tertiary/aromatic N) is 2. The molecule has 2 heterocycles. The van der Waals surface area contributed by atoms with E-state index in [4.69, 9.17) is 0 Å². The van der Waals surface area contributed by atoms with Crippen LogP contribution in [0.1, 0.15) is 36.8 Å². The first-order valence-electron chi connectivity index (χ1n) is 7.40. The van der Waals surface area contributed by atoms with Crippen molar-refractivity contribution in [2.45, 2.75) is 33.2 Å². The van der Waals surface area contributed by atoms with Gasteiger partial charge in [-0.1, -0.05) is 6.92 Å². The summed E-state index contributed by atoms with van der Waals surface area (Å²) in [6.45, 7) is 7.52. The third kappa shape index (κ3) is 3.32. The van der Waals surface area contributed by atoms with Crippen molar-refractivity contribution in [3.63, 3.8) is 0 Å². The van der Waals surface area contributed by atoms with E-state index in [1.807, 2.05) is 19.9 Å². The number of anilines is 1. The Morgan fingerprint density at radius 2 is 2.24 bits per heavy atom. The lowest BCUT2D eigenvalue weighted by Crippen LogP contribution is -2.55. The highest BCUT2D eigenvalue weighted by atomic mass is 16.2. The zero-order valence-corrected chi connectivity index (χ0v) is 12.8. The molecule has 114 valence electrons. The largest absolute Gasteiger partial charge is 0.370 e. The molecule has 0 aliphatic carbocycles. The van der Waals surface area contributed by atoms with Crippen molar-refractivity contribution in [1.29, 1.82) is 0 Å². The second kappa shape index (κ2) is 6.56. The van der Waals surface area contributed by atoms with E-state index in [2.05, 4.69) is 15.6 Å². The lowest BCUT2D eigenvalue weighted by Gasteiger charge is -2.33. The average molecular weight is 290 g/mol. The third-order valence-electron chi connectivity index (χ3n) is 3.61. The fourth-order valence-electron chi connectivity index (χ4n) is 2.39. The van der Waals surface area contributed by atoms with Crippen LogP contribution in [-0.4, -0.2) is 47.4 Å². The second-order valence-electron chi connectivity index (χ2n) is 5.08. The van der Waals surface area contributed by atoms with E-state index in [1.165, 1.54) is 0 Å². The highest BCUT2D eigenvalue weighted by Gasteiger charge is 2.30. The first-order chi connectivity index (χ1) is 10.1. The Hall–Kier alpha value is -2.11. The molecule has 0 spiro atoms. The molecule has 2 N–H and O–H groups in total. The van der Waals surface area contributed by atoms with Crippen molar-refractivity contribution in [3.8, 4) is 0 Å². The van der Waals surface area contributed by atoms with Crippen LogP contribution in [0.4, 0.5) is 5.82 Å². The molecule has 0 bridgehead atoms. The molecule has 1 unspecified atom stereocenters. The van der Waals surface area contributed by atoms with Gasteiger partial charge in [-0.05, 0) is 32.4 Å². The van der Waals surface area contributed by atoms with Crippen molar-refractivity contribution in [3.05, 3.63) is 23.4 Å². The predicted molar refractivity (Wildman–Crippen MR) is 81.3 cm³/mol. The summed E-state index contributed by atoms with van der Waals surface area (Å²) in [7, 11) is 0. The van der Waals surface area contributed by atoms with E-state index in [1.54, 1.807) is 17.9 Å². The molecular formula is C15H22N4O2. The van der Waals surface area contributed by atoms with Gasteiger partial charge in [-0.3, -0.25) is 9.59 Å². The van der Waals surface area contributed by atoms with Gasteiger partial charge >= 0.3 is 0 Å². The first-order valence-corrected chi connectivity index (χ1v) is 7.40. The molecule has 1 saturated heterocycles. The van der Waals surface area contributed by atoms with Crippen LogP contribution in [-0.2, 0) is 11.2 Å². The number of aryl methyl sites for hydroxylation is 1. The molecule has 0 aromatic carbocycles. The summed E-state index contributed by atoms with van der Waals surface area (Å²) < 4.78 is 0. The summed E-state index contributed by atoms with van der Waals surface area (Å²) >= 11 is 0. The van der Waals surface area contributed by atoms with Gasteiger partial charge in [-0.2, -0.15) is 0 Å². The summed E-state index contributed by atoms with van der Waals surface area (Å²) in [6, 6.07) is 3.12. The molecule has 1 aliphatic rings. The van der Waals surface area contributed by atoms with Crippen LogP contribution in [0.25, 0.3) is 0 Å². The summed E-state index contributed by atoms with van der Waals surface area (Å²) in [6.07, 6.45) is 0.759. The van der Waals surface area contributed by atoms with Crippen molar-refractivity contribution in [2.75, 3.05) is 25.0 Å². The van der Waals surface area contributed by atoms with Gasteiger partial charge in [0.2, 0.25) is 5.91 Å². The first kappa shape index (κ1) is 15.3. The van der Waals surface area contributed by atoms with Gasteiger partial charge in [0.05, 0.1) is 0 Å². The molecule has 0 saturated carbocycles. The molecule has 1 fully saturated rings. The molecule has 1 aromatic rings. The Balaban J connectivity index is 2.29. The minimum atomic E-state index is -0.438. The van der Waals surface area contributed by atoms with Crippen LogP contribution in [0.3, 0.4) is 0 Å². The lowest BCUT2D eigenvalue weighted by molar-refractivity contribution is -0.127. The summed E-state index contributed by atoms with van der Waals surface area (Å²) in [5, 5.41) is 5.90. The second-order valence-corrected chi connectivity index (χ2v) is 5.08. The predicted octanol–water partition coefficient (Wildman–Crippen LogP) is 1.04. The normalized spacial score (nSPS) is 18.3. The number of piperazine rings is 1. The molecule has 1 aliphatic heterocycles. The molecule has 0 radical (unpaired) electrons. The van der Waals surface area contributed by atoms with Gasteiger partial charge in [0, 0.05) is 30.9 Å². The van der Waals surface area contributed by atoms with Gasteiger partial charge in [0.25, 0.3) is 5.91 Å². The molecule has 1 atom stereocenters.